The van der Waals surface area contributed by atoms with E-state index in [-0.39, 0.29) is 12.6 Å². The normalized spacial score (nSPS) is 11.0. The van der Waals surface area contributed by atoms with Crippen LogP contribution in [0.25, 0.3) is 0 Å². The third-order valence-corrected chi connectivity index (χ3v) is 4.04. The molecule has 0 unspecified atom stereocenters. The number of carbonyl (C=O) groups excluding carboxylic acids is 1. The topological polar surface area (TPSA) is 78.4 Å². The van der Waals surface area contributed by atoms with Gasteiger partial charge >= 0.3 is 12.0 Å². The van der Waals surface area contributed by atoms with Crippen molar-refractivity contribution in [3.63, 3.8) is 0 Å². The van der Waals surface area contributed by atoms with Crippen LogP contribution in [-0.2, 0) is 11.2 Å². The van der Waals surface area contributed by atoms with Crippen molar-refractivity contribution in [1.82, 2.24) is 5.32 Å². The van der Waals surface area contributed by atoms with Crippen molar-refractivity contribution in [2.45, 2.75) is 40.0 Å². The molecule has 0 saturated carbocycles. The number of carboxylic acid groups (broad SMARTS) is 1. The van der Waals surface area contributed by atoms with E-state index in [9.17, 15) is 14.7 Å². The van der Waals surface area contributed by atoms with Crippen LogP contribution in [0.4, 0.5) is 10.5 Å². The molecule has 0 fully saturated rings. The minimum Gasteiger partial charge on any atom is -0.481 e. The molecule has 0 atom stereocenters. The van der Waals surface area contributed by atoms with Crippen LogP contribution in [0.3, 0.4) is 0 Å². The van der Waals surface area contributed by atoms with E-state index in [1.807, 2.05) is 45.0 Å². The Kier molecular flexibility index (Phi) is 6.21. The molecule has 21 heavy (non-hydrogen) atoms. The van der Waals surface area contributed by atoms with Crippen LogP contribution in [0.2, 0.25) is 0 Å². The molecular formula is C16H24N2O3. The number of urea groups is 1. The van der Waals surface area contributed by atoms with Crippen LogP contribution in [0, 0.1) is 5.41 Å². The molecule has 2 amide bonds. The van der Waals surface area contributed by atoms with Crippen LogP contribution in [-0.4, -0.2) is 23.7 Å². The summed E-state index contributed by atoms with van der Waals surface area (Å²) < 4.78 is 0. The van der Waals surface area contributed by atoms with Gasteiger partial charge in [-0.3, -0.25) is 4.79 Å². The summed E-state index contributed by atoms with van der Waals surface area (Å²) in [6, 6.07) is 7.20. The maximum absolute atomic E-state index is 12.0. The Hall–Kier alpha value is -2.04. The molecule has 3 N–H and O–H groups in total. The highest BCUT2D eigenvalue weighted by atomic mass is 16.4. The fraction of sp³-hybridized carbons (Fsp3) is 0.500. The summed E-state index contributed by atoms with van der Waals surface area (Å²) in [7, 11) is 0. The van der Waals surface area contributed by atoms with Crippen LogP contribution in [0.5, 0.6) is 0 Å². The van der Waals surface area contributed by atoms with Gasteiger partial charge in [-0.1, -0.05) is 39.0 Å². The van der Waals surface area contributed by atoms with Gasteiger partial charge in [0.15, 0.2) is 0 Å². The monoisotopic (exact) mass is 292 g/mol. The standard InChI is InChI=1S/C16H24N2O3/c1-4-12-9-7-8-10-13(12)18-15(21)17-11-16(5-2,6-3)14(19)20/h7-10H,4-6,11H2,1-3H3,(H,19,20)(H2,17,18,21). The SMILES string of the molecule is CCc1ccccc1NC(=O)NCC(CC)(CC)C(=O)O. The Balaban J connectivity index is 2.68. The lowest BCUT2D eigenvalue weighted by Crippen LogP contribution is -2.43. The minimum absolute atomic E-state index is 0.120. The van der Waals surface area contributed by atoms with Crippen LogP contribution < -0.4 is 10.6 Å². The third-order valence-electron chi connectivity index (χ3n) is 4.04. The summed E-state index contributed by atoms with van der Waals surface area (Å²) >= 11 is 0. The molecule has 1 aromatic rings. The predicted octanol–water partition coefficient (Wildman–Crippen LogP) is 3.26. The number of anilines is 1. The summed E-state index contributed by atoms with van der Waals surface area (Å²) in [6.07, 6.45) is 1.77. The highest BCUT2D eigenvalue weighted by Crippen LogP contribution is 2.25. The van der Waals surface area contributed by atoms with Gasteiger partial charge in [0.1, 0.15) is 0 Å². The van der Waals surface area contributed by atoms with Crippen molar-refractivity contribution in [3.8, 4) is 0 Å². The molecule has 116 valence electrons. The first-order chi connectivity index (χ1) is 9.99. The molecule has 0 bridgehead atoms. The molecule has 1 aromatic carbocycles. The van der Waals surface area contributed by atoms with Gasteiger partial charge < -0.3 is 15.7 Å². The minimum atomic E-state index is -0.901. The van der Waals surface area contributed by atoms with E-state index >= 15 is 0 Å². The fourth-order valence-corrected chi connectivity index (χ4v) is 2.24. The van der Waals surface area contributed by atoms with Gasteiger partial charge in [-0.25, -0.2) is 4.79 Å². The van der Waals surface area contributed by atoms with Crippen molar-refractivity contribution < 1.29 is 14.7 Å². The average molecular weight is 292 g/mol. The van der Waals surface area contributed by atoms with E-state index in [1.165, 1.54) is 0 Å². The fourth-order valence-electron chi connectivity index (χ4n) is 2.24. The molecular weight excluding hydrogens is 268 g/mol. The van der Waals surface area contributed by atoms with Crippen molar-refractivity contribution in [2.24, 2.45) is 5.41 Å². The number of carboxylic acids is 1. The van der Waals surface area contributed by atoms with Gasteiger partial charge in [0.25, 0.3) is 0 Å². The molecule has 0 aliphatic rings. The number of hydrogen-bond donors (Lipinski definition) is 3. The smallest absolute Gasteiger partial charge is 0.319 e. The van der Waals surface area contributed by atoms with Crippen LogP contribution >= 0.6 is 0 Å². The average Bonchev–Trinajstić information content (AvgIpc) is 2.49. The number of nitrogens with one attached hydrogen (secondary N) is 2. The molecule has 0 spiro atoms. The van der Waals surface area contributed by atoms with Crippen molar-refractivity contribution >= 4 is 17.7 Å². The van der Waals surface area contributed by atoms with Crippen LogP contribution in [0.1, 0.15) is 39.2 Å². The van der Waals surface area contributed by atoms with E-state index in [4.69, 9.17) is 0 Å². The van der Waals surface area contributed by atoms with Gasteiger partial charge in [-0.2, -0.15) is 0 Å². The lowest BCUT2D eigenvalue weighted by molar-refractivity contribution is -0.149. The number of aliphatic carboxylic acids is 1. The number of benzene rings is 1. The zero-order chi connectivity index (χ0) is 15.9. The van der Waals surface area contributed by atoms with Crippen LogP contribution in [0.15, 0.2) is 24.3 Å². The zero-order valence-corrected chi connectivity index (χ0v) is 12.9. The third kappa shape index (κ3) is 4.21. The van der Waals surface area contributed by atoms with Gasteiger partial charge in [0.2, 0.25) is 0 Å². The summed E-state index contributed by atoms with van der Waals surface area (Å²) in [4.78, 5) is 23.3. The van der Waals surface area contributed by atoms with Crippen molar-refractivity contribution in [2.75, 3.05) is 11.9 Å². The summed E-state index contributed by atoms with van der Waals surface area (Å²) in [5.41, 5.74) is 0.899. The first-order valence-electron chi connectivity index (χ1n) is 7.35. The quantitative estimate of drug-likeness (QED) is 0.721. The predicted molar refractivity (Wildman–Crippen MR) is 83.5 cm³/mol. The van der Waals surface area contributed by atoms with E-state index in [0.717, 1.165) is 17.7 Å². The highest BCUT2D eigenvalue weighted by Gasteiger charge is 2.35. The maximum Gasteiger partial charge on any atom is 0.319 e. The number of aryl methyl sites for hydroxylation is 1. The molecule has 0 heterocycles. The summed E-state index contributed by atoms with van der Waals surface area (Å²) in [6.45, 7) is 5.78. The Morgan fingerprint density at radius 1 is 1.14 bits per heavy atom. The summed E-state index contributed by atoms with van der Waals surface area (Å²) in [5, 5.41) is 14.8. The number of para-hydroxylation sites is 1. The number of hydrogen-bond acceptors (Lipinski definition) is 2. The lowest BCUT2D eigenvalue weighted by Gasteiger charge is -2.26. The molecule has 5 nitrogen and oxygen atoms in total. The second kappa shape index (κ2) is 7.67. The van der Waals surface area contributed by atoms with Crippen molar-refractivity contribution in [3.05, 3.63) is 29.8 Å². The number of amides is 2. The van der Waals surface area contributed by atoms with Gasteiger partial charge in [-0.05, 0) is 30.9 Å². The first kappa shape index (κ1) is 17.0. The van der Waals surface area contributed by atoms with Gasteiger partial charge in [0.05, 0.1) is 5.41 Å². The van der Waals surface area contributed by atoms with E-state index in [2.05, 4.69) is 10.6 Å². The molecule has 1 rings (SSSR count). The zero-order valence-electron chi connectivity index (χ0n) is 12.9. The van der Waals surface area contributed by atoms with E-state index < -0.39 is 11.4 Å². The molecule has 0 saturated heterocycles. The Bertz CT molecular complexity index is 496. The Morgan fingerprint density at radius 2 is 1.76 bits per heavy atom. The second-order valence-electron chi connectivity index (χ2n) is 5.11. The largest absolute Gasteiger partial charge is 0.481 e. The summed E-state index contributed by atoms with van der Waals surface area (Å²) in [5.74, 6) is -0.873. The van der Waals surface area contributed by atoms with E-state index in [0.29, 0.717) is 12.8 Å². The Labute approximate surface area is 125 Å². The van der Waals surface area contributed by atoms with Gasteiger partial charge in [0, 0.05) is 12.2 Å². The Morgan fingerprint density at radius 3 is 2.29 bits per heavy atom. The molecule has 0 aromatic heterocycles. The molecule has 0 radical (unpaired) electrons. The maximum atomic E-state index is 12.0. The number of carbonyl (C=O) groups is 2. The van der Waals surface area contributed by atoms with E-state index in [1.54, 1.807) is 0 Å². The van der Waals surface area contributed by atoms with Gasteiger partial charge in [-0.15, -0.1) is 0 Å². The molecule has 0 aliphatic carbocycles. The molecule has 5 heteroatoms. The van der Waals surface area contributed by atoms with Crippen molar-refractivity contribution in [1.29, 1.82) is 0 Å². The number of rotatable bonds is 7. The highest BCUT2D eigenvalue weighted by molar-refractivity contribution is 5.90. The first-order valence-corrected chi connectivity index (χ1v) is 7.35. The molecule has 0 aliphatic heterocycles. The lowest BCUT2D eigenvalue weighted by atomic mass is 9.82. The second-order valence-corrected chi connectivity index (χ2v) is 5.11.